The van der Waals surface area contributed by atoms with E-state index in [9.17, 15) is 21.6 Å². The Balaban J connectivity index is 1.42. The number of morpholine rings is 2. The van der Waals surface area contributed by atoms with Crippen LogP contribution >= 0.6 is 11.8 Å². The van der Waals surface area contributed by atoms with Crippen molar-refractivity contribution in [3.05, 3.63) is 53.6 Å². The molecule has 3 heterocycles. The number of nitrogens with zero attached hydrogens (tertiary/aromatic N) is 4. The summed E-state index contributed by atoms with van der Waals surface area (Å²) < 4.78 is 81.2. The van der Waals surface area contributed by atoms with Gasteiger partial charge in [0, 0.05) is 45.0 Å². The van der Waals surface area contributed by atoms with Gasteiger partial charge >= 0.3 is 6.18 Å². The van der Waals surface area contributed by atoms with Crippen LogP contribution in [0.15, 0.2) is 52.5 Å². The van der Waals surface area contributed by atoms with E-state index in [2.05, 4.69) is 4.90 Å². The fourth-order valence-electron chi connectivity index (χ4n) is 4.85. The molecule has 1 aromatic heterocycles. The molecule has 2 aliphatic rings. The van der Waals surface area contributed by atoms with E-state index >= 15 is 0 Å². The molecule has 2 saturated heterocycles. The largest absolute Gasteiger partial charge is 0.416 e. The zero-order valence-corrected chi connectivity index (χ0v) is 23.0. The lowest BCUT2D eigenvalue weighted by Crippen LogP contribution is -2.40. The Morgan fingerprint density at radius 1 is 0.923 bits per heavy atom. The van der Waals surface area contributed by atoms with Crippen molar-refractivity contribution >= 4 is 32.8 Å². The Labute approximate surface area is 230 Å². The monoisotopic (exact) mass is 584 g/mol. The molecule has 0 unspecified atom stereocenters. The SMILES string of the molecule is O=S(=O)(c1ccc2c(c1)nc(SCc1ccccc1C(F)(F)F)n2CCCN1CCOCC1)N1CCOCC1. The molecular weight excluding hydrogens is 553 g/mol. The Morgan fingerprint density at radius 2 is 1.62 bits per heavy atom. The van der Waals surface area contributed by atoms with Crippen molar-refractivity contribution in [3.8, 4) is 0 Å². The number of aryl methyl sites for hydroxylation is 1. The van der Waals surface area contributed by atoms with Crippen molar-refractivity contribution in [1.29, 1.82) is 0 Å². The van der Waals surface area contributed by atoms with E-state index in [1.54, 1.807) is 24.3 Å². The average Bonchev–Trinajstić information content (AvgIpc) is 3.29. The maximum absolute atomic E-state index is 13.6. The van der Waals surface area contributed by atoms with Crippen LogP contribution in [-0.4, -0.2) is 86.3 Å². The Kier molecular flexibility index (Phi) is 8.84. The molecule has 5 rings (SSSR count). The van der Waals surface area contributed by atoms with Crippen LogP contribution in [0.4, 0.5) is 13.2 Å². The fourth-order valence-corrected chi connectivity index (χ4v) is 7.33. The highest BCUT2D eigenvalue weighted by molar-refractivity contribution is 7.98. The molecule has 0 aliphatic carbocycles. The standard InChI is InChI=1S/C26H31F3N4O4S2/c27-26(28,29)22-5-2-1-4-20(22)19-38-25-30-23-18-21(39(34,35)32-12-16-37-17-13-32)6-7-24(23)33(25)9-3-8-31-10-14-36-15-11-31/h1-2,4-7,18H,3,8-17,19H2. The molecule has 0 saturated carbocycles. The minimum Gasteiger partial charge on any atom is -0.379 e. The normalized spacial score (nSPS) is 18.1. The summed E-state index contributed by atoms with van der Waals surface area (Å²) in [5.74, 6) is 0.0847. The second-order valence-corrected chi connectivity index (χ2v) is 12.3. The first kappa shape index (κ1) is 28.4. The van der Waals surface area contributed by atoms with E-state index < -0.39 is 21.8 Å². The Morgan fingerprint density at radius 3 is 2.33 bits per heavy atom. The molecular formula is C26H31F3N4O4S2. The van der Waals surface area contributed by atoms with E-state index in [1.165, 1.54) is 28.2 Å². The summed E-state index contributed by atoms with van der Waals surface area (Å²) >= 11 is 1.23. The number of halogens is 3. The van der Waals surface area contributed by atoms with Crippen molar-refractivity contribution in [2.45, 2.75) is 34.9 Å². The molecule has 2 aromatic carbocycles. The number of hydrogen-bond acceptors (Lipinski definition) is 7. The van der Waals surface area contributed by atoms with Crippen LogP contribution in [0.3, 0.4) is 0 Å². The molecule has 8 nitrogen and oxygen atoms in total. The Hall–Kier alpha value is -2.16. The molecule has 0 spiro atoms. The van der Waals surface area contributed by atoms with Gasteiger partial charge in [-0.1, -0.05) is 30.0 Å². The Bertz CT molecular complexity index is 1390. The molecule has 3 aromatic rings. The first-order valence-corrected chi connectivity index (χ1v) is 15.3. The molecule has 39 heavy (non-hydrogen) atoms. The maximum Gasteiger partial charge on any atom is 0.416 e. The highest BCUT2D eigenvalue weighted by atomic mass is 32.2. The summed E-state index contributed by atoms with van der Waals surface area (Å²) in [5, 5.41) is 0.560. The number of ether oxygens (including phenoxy) is 2. The van der Waals surface area contributed by atoms with E-state index in [0.29, 0.717) is 43.6 Å². The molecule has 0 atom stereocenters. The second kappa shape index (κ2) is 12.1. The molecule has 212 valence electrons. The van der Waals surface area contributed by atoms with Crippen LogP contribution < -0.4 is 0 Å². The fraction of sp³-hybridized carbons (Fsp3) is 0.500. The van der Waals surface area contributed by atoms with Crippen LogP contribution in [0.5, 0.6) is 0 Å². The van der Waals surface area contributed by atoms with Gasteiger partial charge in [-0.3, -0.25) is 4.90 Å². The van der Waals surface area contributed by atoms with Crippen molar-refractivity contribution in [2.75, 3.05) is 59.2 Å². The topological polar surface area (TPSA) is 76.9 Å². The third-order valence-electron chi connectivity index (χ3n) is 6.93. The number of aromatic nitrogens is 2. The minimum atomic E-state index is -4.45. The van der Waals surface area contributed by atoms with Crippen molar-refractivity contribution in [1.82, 2.24) is 18.8 Å². The number of benzene rings is 2. The average molecular weight is 585 g/mol. The predicted octanol–water partition coefficient (Wildman–Crippen LogP) is 4.09. The number of sulfonamides is 1. The maximum atomic E-state index is 13.6. The number of fused-ring (bicyclic) bond motifs is 1. The van der Waals surface area contributed by atoms with Gasteiger partial charge in [-0.15, -0.1) is 0 Å². The lowest BCUT2D eigenvalue weighted by Gasteiger charge is -2.26. The van der Waals surface area contributed by atoms with Gasteiger partial charge in [0.2, 0.25) is 10.0 Å². The van der Waals surface area contributed by atoms with E-state index in [-0.39, 0.29) is 29.3 Å². The van der Waals surface area contributed by atoms with Crippen LogP contribution in [0.25, 0.3) is 11.0 Å². The number of imidazole rings is 1. The highest BCUT2D eigenvalue weighted by Crippen LogP contribution is 2.35. The number of alkyl halides is 3. The lowest BCUT2D eigenvalue weighted by atomic mass is 10.1. The zero-order valence-electron chi connectivity index (χ0n) is 21.4. The summed E-state index contributed by atoms with van der Waals surface area (Å²) in [6, 6.07) is 10.4. The van der Waals surface area contributed by atoms with Crippen LogP contribution in [-0.2, 0) is 38.0 Å². The van der Waals surface area contributed by atoms with Gasteiger partial charge in [0.15, 0.2) is 5.16 Å². The predicted molar refractivity (Wildman–Crippen MR) is 142 cm³/mol. The van der Waals surface area contributed by atoms with E-state index in [0.717, 1.165) is 37.6 Å². The molecule has 0 amide bonds. The van der Waals surface area contributed by atoms with Gasteiger partial charge in [-0.05, 0) is 36.2 Å². The van der Waals surface area contributed by atoms with Crippen molar-refractivity contribution in [2.24, 2.45) is 0 Å². The lowest BCUT2D eigenvalue weighted by molar-refractivity contribution is -0.138. The zero-order chi connectivity index (χ0) is 27.5. The quantitative estimate of drug-likeness (QED) is 0.351. The van der Waals surface area contributed by atoms with Gasteiger partial charge in [0.1, 0.15) is 0 Å². The molecule has 0 radical (unpaired) electrons. The molecule has 2 aliphatic heterocycles. The van der Waals surface area contributed by atoms with Gasteiger partial charge < -0.3 is 14.0 Å². The summed E-state index contributed by atoms with van der Waals surface area (Å²) in [5.41, 5.74) is 0.774. The molecule has 2 fully saturated rings. The van der Waals surface area contributed by atoms with Gasteiger partial charge in [0.05, 0.1) is 47.9 Å². The van der Waals surface area contributed by atoms with E-state index in [1.807, 2.05) is 4.57 Å². The number of thioether (sulfide) groups is 1. The van der Waals surface area contributed by atoms with Gasteiger partial charge in [-0.25, -0.2) is 13.4 Å². The minimum absolute atomic E-state index is 0.0847. The first-order chi connectivity index (χ1) is 18.7. The van der Waals surface area contributed by atoms with Gasteiger partial charge in [-0.2, -0.15) is 17.5 Å². The second-order valence-electron chi connectivity index (χ2n) is 9.46. The third kappa shape index (κ3) is 6.60. The van der Waals surface area contributed by atoms with Crippen LogP contribution in [0.1, 0.15) is 17.5 Å². The summed E-state index contributed by atoms with van der Waals surface area (Å²) in [6.07, 6.45) is -3.63. The number of rotatable bonds is 9. The van der Waals surface area contributed by atoms with Gasteiger partial charge in [0.25, 0.3) is 0 Å². The van der Waals surface area contributed by atoms with Crippen LogP contribution in [0, 0.1) is 0 Å². The molecule has 13 heteroatoms. The summed E-state index contributed by atoms with van der Waals surface area (Å²) in [7, 11) is -3.71. The van der Waals surface area contributed by atoms with Crippen LogP contribution in [0.2, 0.25) is 0 Å². The third-order valence-corrected chi connectivity index (χ3v) is 9.85. The smallest absolute Gasteiger partial charge is 0.379 e. The van der Waals surface area contributed by atoms with E-state index in [4.69, 9.17) is 14.5 Å². The van der Waals surface area contributed by atoms with Crippen molar-refractivity contribution < 1.29 is 31.1 Å². The van der Waals surface area contributed by atoms with Crippen molar-refractivity contribution in [3.63, 3.8) is 0 Å². The first-order valence-electron chi connectivity index (χ1n) is 12.9. The molecule has 0 N–H and O–H groups in total. The summed E-state index contributed by atoms with van der Waals surface area (Å²) in [4.78, 5) is 7.18. The highest BCUT2D eigenvalue weighted by Gasteiger charge is 2.33. The summed E-state index contributed by atoms with van der Waals surface area (Å²) in [6.45, 7) is 5.86. The molecule has 0 bridgehead atoms. The number of hydrogen-bond donors (Lipinski definition) is 0.